The molecule has 2 saturated heterocycles. The molecule has 1 aromatic heterocycles. The van der Waals surface area contributed by atoms with Gasteiger partial charge < -0.3 is 25.6 Å². The van der Waals surface area contributed by atoms with Gasteiger partial charge in [-0.1, -0.05) is 27.7 Å². The average Bonchev–Trinajstić information content (AvgIpc) is 3.43. The summed E-state index contributed by atoms with van der Waals surface area (Å²) in [6.45, 7) is 14.2. The van der Waals surface area contributed by atoms with Gasteiger partial charge in [0.05, 0.1) is 28.3 Å². The molecule has 4 heterocycles. The highest BCUT2D eigenvalue weighted by molar-refractivity contribution is 6.23. The van der Waals surface area contributed by atoms with E-state index in [1.807, 2.05) is 31.2 Å². The number of hydrogen-bond donors (Lipinski definition) is 4. The summed E-state index contributed by atoms with van der Waals surface area (Å²) in [5.41, 5.74) is 2.55. The van der Waals surface area contributed by atoms with Gasteiger partial charge in [-0.05, 0) is 92.7 Å². The van der Waals surface area contributed by atoms with Crippen LogP contribution in [0.15, 0.2) is 54.7 Å². The van der Waals surface area contributed by atoms with E-state index in [-0.39, 0.29) is 52.9 Å². The van der Waals surface area contributed by atoms with Crippen molar-refractivity contribution in [2.24, 2.45) is 16.7 Å². The second kappa shape index (κ2) is 15.6. The Labute approximate surface area is 332 Å². The molecule has 1 atom stereocenters. The van der Waals surface area contributed by atoms with E-state index in [4.69, 9.17) is 4.74 Å². The van der Waals surface area contributed by atoms with E-state index < -0.39 is 29.7 Å². The lowest BCUT2D eigenvalue weighted by Crippen LogP contribution is -2.74. The summed E-state index contributed by atoms with van der Waals surface area (Å²) >= 11 is 0. The molecule has 14 heteroatoms. The largest absolute Gasteiger partial charge is 0.489 e. The summed E-state index contributed by atoms with van der Waals surface area (Å²) in [6.07, 6.45) is 3.73. The van der Waals surface area contributed by atoms with Crippen LogP contribution in [0.25, 0.3) is 0 Å². The predicted octanol–water partition coefficient (Wildman–Crippen LogP) is 4.19. The number of rotatable bonds is 12. The molecular formula is C43H50N8O6. The quantitative estimate of drug-likeness (QED) is 0.153. The first-order chi connectivity index (χ1) is 27.2. The molecule has 7 rings (SSSR count). The number of fused-ring (bicyclic) bond motifs is 1. The lowest BCUT2D eigenvalue weighted by Gasteiger charge is -2.63. The van der Waals surface area contributed by atoms with Crippen molar-refractivity contribution in [3.8, 4) is 11.8 Å². The molecule has 5 amide bonds. The standard InChI is InChI=1S/C43H50N8O6/c1-25-20-30(9-6-27(25)22-44)57-41-42(2,3)40(43(41,4)5)49-36(53)28-7-12-34(47-24-28)50-18-14-26(15-19-50)23-45-16-17-46-29-8-10-31-32(21-29)39(56)51(38(31)55)33-11-13-35(52)48-37(33)54/h6-10,12,20-21,24,26,33,40-41,45-46H,11,13-19,23H2,1-5H3,(H,49,53)(H,48,52,54)/t33?,40-,41-. The van der Waals surface area contributed by atoms with Gasteiger partial charge in [0, 0.05) is 61.4 Å². The third-order valence-electron chi connectivity index (χ3n) is 12.1. The monoisotopic (exact) mass is 774 g/mol. The average molecular weight is 775 g/mol. The number of aryl methyl sites for hydroxylation is 1. The predicted molar refractivity (Wildman–Crippen MR) is 213 cm³/mol. The first kappa shape index (κ1) is 39.4. The second-order valence-electron chi connectivity index (χ2n) is 16.8. The van der Waals surface area contributed by atoms with Crippen molar-refractivity contribution >= 4 is 41.0 Å². The zero-order valence-corrected chi connectivity index (χ0v) is 33.1. The maximum absolute atomic E-state index is 13.4. The number of pyridine rings is 1. The Bertz CT molecular complexity index is 2120. The normalized spacial score (nSPS) is 22.6. The number of nitrogens with zero attached hydrogens (tertiary/aromatic N) is 4. The Hall–Kier alpha value is -5.81. The van der Waals surface area contributed by atoms with Crippen LogP contribution >= 0.6 is 0 Å². The molecule has 1 unspecified atom stereocenters. The van der Waals surface area contributed by atoms with Crippen molar-refractivity contribution in [3.05, 3.63) is 82.5 Å². The number of carbonyl (C=O) groups excluding carboxylic acids is 5. The lowest BCUT2D eigenvalue weighted by molar-refractivity contribution is -0.164. The molecule has 57 heavy (non-hydrogen) atoms. The number of anilines is 2. The van der Waals surface area contributed by atoms with E-state index >= 15 is 0 Å². The van der Waals surface area contributed by atoms with Crippen molar-refractivity contribution < 1.29 is 28.7 Å². The molecule has 2 aromatic carbocycles. The number of nitrogens with one attached hydrogen (secondary N) is 4. The maximum atomic E-state index is 13.4. The van der Waals surface area contributed by atoms with Gasteiger partial charge in [0.25, 0.3) is 17.7 Å². The van der Waals surface area contributed by atoms with E-state index in [1.165, 1.54) is 0 Å². The molecular weight excluding hydrogens is 725 g/mol. The molecule has 14 nitrogen and oxygen atoms in total. The molecule has 298 valence electrons. The molecule has 0 radical (unpaired) electrons. The van der Waals surface area contributed by atoms with Crippen LogP contribution in [0.1, 0.15) is 95.6 Å². The number of piperidine rings is 2. The zero-order chi connectivity index (χ0) is 40.6. The Balaban J connectivity index is 0.826. The van der Waals surface area contributed by atoms with Crippen molar-refractivity contribution in [2.75, 3.05) is 42.9 Å². The summed E-state index contributed by atoms with van der Waals surface area (Å²) in [5.74, 6) is -0.155. The van der Waals surface area contributed by atoms with Crippen molar-refractivity contribution in [1.29, 1.82) is 5.26 Å². The first-order valence-electron chi connectivity index (χ1n) is 19.7. The van der Waals surface area contributed by atoms with Gasteiger partial charge >= 0.3 is 0 Å². The topological polar surface area (TPSA) is 186 Å². The van der Waals surface area contributed by atoms with Gasteiger partial charge in [0.15, 0.2) is 0 Å². The van der Waals surface area contributed by atoms with Crippen LogP contribution in [-0.2, 0) is 9.59 Å². The van der Waals surface area contributed by atoms with Crippen LogP contribution < -0.4 is 30.9 Å². The molecule has 3 aromatic rings. The highest BCUT2D eigenvalue weighted by Crippen LogP contribution is 2.55. The third kappa shape index (κ3) is 7.68. The van der Waals surface area contributed by atoms with Crippen molar-refractivity contribution in [3.63, 3.8) is 0 Å². The molecule has 1 saturated carbocycles. The Kier molecular flexibility index (Phi) is 10.8. The van der Waals surface area contributed by atoms with Gasteiger partial charge in [-0.15, -0.1) is 0 Å². The van der Waals surface area contributed by atoms with Gasteiger partial charge in [-0.25, -0.2) is 4.98 Å². The van der Waals surface area contributed by atoms with Crippen LogP contribution in [-0.4, -0.2) is 90.3 Å². The molecule has 4 N–H and O–H groups in total. The van der Waals surface area contributed by atoms with E-state index in [1.54, 1.807) is 30.5 Å². The summed E-state index contributed by atoms with van der Waals surface area (Å²) in [4.78, 5) is 71.3. The van der Waals surface area contributed by atoms with Gasteiger partial charge in [0.2, 0.25) is 11.8 Å². The molecule has 3 fully saturated rings. The van der Waals surface area contributed by atoms with E-state index in [2.05, 4.69) is 64.9 Å². The fraction of sp³-hybridized carbons (Fsp3) is 0.465. The van der Waals surface area contributed by atoms with Crippen LogP contribution in [0.2, 0.25) is 0 Å². The number of ether oxygens (including phenoxy) is 1. The molecule has 1 aliphatic carbocycles. The van der Waals surface area contributed by atoms with Crippen LogP contribution in [0, 0.1) is 35.0 Å². The van der Waals surface area contributed by atoms with Crippen LogP contribution in [0.5, 0.6) is 5.75 Å². The van der Waals surface area contributed by atoms with Crippen LogP contribution in [0.4, 0.5) is 11.5 Å². The van der Waals surface area contributed by atoms with Gasteiger partial charge in [0.1, 0.15) is 23.7 Å². The molecule has 0 spiro atoms. The number of carbonyl (C=O) groups is 5. The number of hydrogen-bond acceptors (Lipinski definition) is 11. The lowest BCUT2D eigenvalue weighted by atomic mass is 9.49. The number of aromatic nitrogens is 1. The fourth-order valence-electron chi connectivity index (χ4n) is 9.24. The number of imide groups is 2. The minimum absolute atomic E-state index is 0.0799. The zero-order valence-electron chi connectivity index (χ0n) is 33.1. The van der Waals surface area contributed by atoms with E-state index in [9.17, 15) is 29.2 Å². The molecule has 0 bridgehead atoms. The Morgan fingerprint density at radius 2 is 1.68 bits per heavy atom. The minimum atomic E-state index is -0.986. The maximum Gasteiger partial charge on any atom is 0.262 e. The summed E-state index contributed by atoms with van der Waals surface area (Å²) in [6, 6.07) is 15.3. The highest BCUT2D eigenvalue weighted by Gasteiger charge is 2.64. The Morgan fingerprint density at radius 1 is 0.947 bits per heavy atom. The van der Waals surface area contributed by atoms with E-state index in [0.717, 1.165) is 48.8 Å². The summed E-state index contributed by atoms with van der Waals surface area (Å²) in [7, 11) is 0. The smallest absolute Gasteiger partial charge is 0.262 e. The van der Waals surface area contributed by atoms with E-state index in [0.29, 0.717) is 41.6 Å². The minimum Gasteiger partial charge on any atom is -0.489 e. The van der Waals surface area contributed by atoms with Crippen LogP contribution in [0.3, 0.4) is 0 Å². The molecule has 4 aliphatic rings. The highest BCUT2D eigenvalue weighted by atomic mass is 16.5. The number of benzene rings is 2. The van der Waals surface area contributed by atoms with Crippen molar-refractivity contribution in [2.45, 2.75) is 78.5 Å². The van der Waals surface area contributed by atoms with Crippen molar-refractivity contribution in [1.82, 2.24) is 25.8 Å². The summed E-state index contributed by atoms with van der Waals surface area (Å²) in [5, 5.41) is 21.6. The first-order valence-corrected chi connectivity index (χ1v) is 19.7. The van der Waals surface area contributed by atoms with Gasteiger partial charge in [-0.3, -0.25) is 34.2 Å². The Morgan fingerprint density at radius 3 is 2.35 bits per heavy atom. The van der Waals surface area contributed by atoms with Gasteiger partial charge in [-0.2, -0.15) is 5.26 Å². The number of amides is 5. The molecule has 3 aliphatic heterocycles. The fourth-order valence-corrected chi connectivity index (χ4v) is 9.24. The second-order valence-corrected chi connectivity index (χ2v) is 16.8. The third-order valence-corrected chi connectivity index (χ3v) is 12.1. The number of nitriles is 1. The SMILES string of the molecule is Cc1cc(O[C@H]2C(C)(C)[C@H](NC(=O)c3ccc(N4CCC(CNCCNc5ccc6c(c5)C(=O)N(C5CCC(=O)NC5=O)C6=O)CC4)nc3)C2(C)C)ccc1C#N. The summed E-state index contributed by atoms with van der Waals surface area (Å²) < 4.78 is 6.44.